The first-order chi connectivity index (χ1) is 8.29. The van der Waals surface area contributed by atoms with E-state index in [1.807, 2.05) is 0 Å². The minimum absolute atomic E-state index is 0.337. The second-order valence-corrected chi connectivity index (χ2v) is 5.24. The molecule has 17 heavy (non-hydrogen) atoms. The highest BCUT2D eigenvalue weighted by molar-refractivity contribution is 5.76. The predicted octanol–water partition coefficient (Wildman–Crippen LogP) is 0.540. The van der Waals surface area contributed by atoms with E-state index >= 15 is 0 Å². The third-order valence-electron chi connectivity index (χ3n) is 3.96. The summed E-state index contributed by atoms with van der Waals surface area (Å²) in [6.45, 7) is 9.45. The number of amides is 1. The third kappa shape index (κ3) is 3.68. The molecule has 0 bridgehead atoms. The largest absolute Gasteiger partial charge is 0.341 e. The van der Waals surface area contributed by atoms with Crippen LogP contribution in [-0.2, 0) is 4.79 Å². The van der Waals surface area contributed by atoms with Crippen molar-refractivity contribution in [1.29, 1.82) is 0 Å². The van der Waals surface area contributed by atoms with Gasteiger partial charge in [-0.1, -0.05) is 6.92 Å². The molecule has 1 amide bonds. The van der Waals surface area contributed by atoms with E-state index in [1.54, 1.807) is 0 Å². The van der Waals surface area contributed by atoms with Gasteiger partial charge in [-0.15, -0.1) is 0 Å². The maximum Gasteiger partial charge on any atom is 0.223 e. The van der Waals surface area contributed by atoms with E-state index in [-0.39, 0.29) is 0 Å². The Labute approximate surface area is 104 Å². The van der Waals surface area contributed by atoms with Crippen LogP contribution in [0.4, 0.5) is 0 Å². The molecule has 0 spiro atoms. The van der Waals surface area contributed by atoms with Crippen LogP contribution in [0.25, 0.3) is 0 Å². The van der Waals surface area contributed by atoms with Crippen molar-refractivity contribution < 1.29 is 4.79 Å². The molecule has 2 fully saturated rings. The highest BCUT2D eigenvalue weighted by Gasteiger charge is 2.24. The summed E-state index contributed by atoms with van der Waals surface area (Å²) in [6, 6.07) is 0. The number of nitrogens with zero attached hydrogens (tertiary/aromatic N) is 2. The number of rotatable bonds is 3. The van der Waals surface area contributed by atoms with Crippen molar-refractivity contribution in [3.8, 4) is 0 Å². The van der Waals surface area contributed by atoms with E-state index < -0.39 is 0 Å². The summed E-state index contributed by atoms with van der Waals surface area (Å²) < 4.78 is 0. The van der Waals surface area contributed by atoms with Crippen molar-refractivity contribution in [3.63, 3.8) is 0 Å². The van der Waals surface area contributed by atoms with Gasteiger partial charge in [0.25, 0.3) is 0 Å². The molecule has 0 aromatic rings. The summed E-state index contributed by atoms with van der Waals surface area (Å²) in [5.74, 6) is 1.02. The van der Waals surface area contributed by atoms with Crippen LogP contribution in [0.1, 0.15) is 26.2 Å². The van der Waals surface area contributed by atoms with Crippen LogP contribution >= 0.6 is 0 Å². The lowest BCUT2D eigenvalue weighted by Crippen LogP contribution is -2.43. The van der Waals surface area contributed by atoms with E-state index in [1.165, 1.54) is 25.9 Å². The Morgan fingerprint density at radius 2 is 2.24 bits per heavy atom. The number of hydrogen-bond acceptors (Lipinski definition) is 3. The minimum atomic E-state index is 0.337. The molecule has 0 aromatic heterocycles. The van der Waals surface area contributed by atoms with Crippen LogP contribution < -0.4 is 5.32 Å². The molecule has 0 aromatic carbocycles. The summed E-state index contributed by atoms with van der Waals surface area (Å²) in [6.07, 6.45) is 3.25. The molecule has 2 rings (SSSR count). The molecule has 1 atom stereocenters. The van der Waals surface area contributed by atoms with Crippen molar-refractivity contribution in [2.75, 3.05) is 45.8 Å². The fraction of sp³-hybridized carbons (Fsp3) is 0.923. The minimum Gasteiger partial charge on any atom is -0.341 e. The van der Waals surface area contributed by atoms with Gasteiger partial charge in [0.2, 0.25) is 5.91 Å². The van der Waals surface area contributed by atoms with Crippen molar-refractivity contribution in [3.05, 3.63) is 0 Å². The zero-order chi connectivity index (χ0) is 12.1. The number of carbonyl (C=O) groups excluding carboxylic acids is 1. The topological polar surface area (TPSA) is 35.6 Å². The Kier molecular flexibility index (Phi) is 4.80. The smallest absolute Gasteiger partial charge is 0.223 e. The molecule has 2 aliphatic rings. The maximum atomic E-state index is 11.9. The van der Waals surface area contributed by atoms with E-state index in [0.717, 1.165) is 32.7 Å². The Morgan fingerprint density at radius 3 is 3.06 bits per heavy atom. The van der Waals surface area contributed by atoms with Gasteiger partial charge in [-0.25, -0.2) is 0 Å². The van der Waals surface area contributed by atoms with Crippen LogP contribution in [0.3, 0.4) is 0 Å². The van der Waals surface area contributed by atoms with Crippen LogP contribution in [0.15, 0.2) is 0 Å². The number of hydrogen-bond donors (Lipinski definition) is 1. The first-order valence-corrected chi connectivity index (χ1v) is 7.00. The fourth-order valence-electron chi connectivity index (χ4n) is 2.91. The molecule has 1 unspecified atom stereocenters. The highest BCUT2D eigenvalue weighted by atomic mass is 16.2. The second-order valence-electron chi connectivity index (χ2n) is 5.24. The molecular weight excluding hydrogens is 214 g/mol. The highest BCUT2D eigenvalue weighted by Crippen LogP contribution is 2.18. The lowest BCUT2D eigenvalue weighted by Gasteiger charge is -2.34. The van der Waals surface area contributed by atoms with Gasteiger partial charge in [-0.3, -0.25) is 4.79 Å². The molecule has 1 N–H and O–H groups in total. The Balaban J connectivity index is 1.83. The first-order valence-electron chi connectivity index (χ1n) is 7.00. The second kappa shape index (κ2) is 6.36. The molecule has 2 heterocycles. The quantitative estimate of drug-likeness (QED) is 0.781. The van der Waals surface area contributed by atoms with Crippen LogP contribution in [-0.4, -0.2) is 61.5 Å². The van der Waals surface area contributed by atoms with Gasteiger partial charge >= 0.3 is 0 Å². The summed E-state index contributed by atoms with van der Waals surface area (Å²) in [7, 11) is 0. The molecule has 0 aliphatic carbocycles. The molecule has 4 heteroatoms. The summed E-state index contributed by atoms with van der Waals surface area (Å²) in [4.78, 5) is 16.5. The molecule has 0 radical (unpaired) electrons. The lowest BCUT2D eigenvalue weighted by molar-refractivity contribution is -0.131. The summed E-state index contributed by atoms with van der Waals surface area (Å²) in [5, 5.41) is 3.29. The predicted molar refractivity (Wildman–Crippen MR) is 68.9 cm³/mol. The van der Waals surface area contributed by atoms with Crippen molar-refractivity contribution in [1.82, 2.24) is 15.1 Å². The Bertz CT molecular complexity index is 257. The summed E-state index contributed by atoms with van der Waals surface area (Å²) >= 11 is 0. The van der Waals surface area contributed by atoms with E-state index in [9.17, 15) is 4.79 Å². The molecule has 0 saturated carbocycles. The zero-order valence-corrected chi connectivity index (χ0v) is 11.0. The van der Waals surface area contributed by atoms with Gasteiger partial charge in [0.05, 0.1) is 0 Å². The molecule has 2 aliphatic heterocycles. The van der Waals surface area contributed by atoms with E-state index in [2.05, 4.69) is 22.0 Å². The van der Waals surface area contributed by atoms with Crippen LogP contribution in [0.5, 0.6) is 0 Å². The van der Waals surface area contributed by atoms with Gasteiger partial charge in [0.15, 0.2) is 0 Å². The van der Waals surface area contributed by atoms with Crippen molar-refractivity contribution in [2.45, 2.75) is 26.2 Å². The number of nitrogens with one attached hydrogen (secondary N) is 1. The molecule has 4 nitrogen and oxygen atoms in total. The average Bonchev–Trinajstić information content (AvgIpc) is 2.55. The average molecular weight is 239 g/mol. The SMILES string of the molecule is CCN1CCCC(CN2CCNCCC2=O)C1. The van der Waals surface area contributed by atoms with Crippen molar-refractivity contribution >= 4 is 5.91 Å². The molecule has 98 valence electrons. The number of carbonyl (C=O) groups is 1. The van der Waals surface area contributed by atoms with Crippen molar-refractivity contribution in [2.24, 2.45) is 5.92 Å². The fourth-order valence-corrected chi connectivity index (χ4v) is 2.91. The Hall–Kier alpha value is -0.610. The maximum absolute atomic E-state index is 11.9. The number of likely N-dealkylation sites (tertiary alicyclic amines) is 1. The standard InChI is InChI=1S/C13H25N3O/c1-2-15-8-3-4-12(10-15)11-16-9-7-14-6-5-13(16)17/h12,14H,2-11H2,1H3. The van der Waals surface area contributed by atoms with Crippen LogP contribution in [0.2, 0.25) is 0 Å². The normalized spacial score (nSPS) is 28.2. The van der Waals surface area contributed by atoms with Gasteiger partial charge in [0.1, 0.15) is 0 Å². The monoisotopic (exact) mass is 239 g/mol. The number of piperidine rings is 1. The zero-order valence-electron chi connectivity index (χ0n) is 11.0. The van der Waals surface area contributed by atoms with E-state index in [0.29, 0.717) is 18.2 Å². The van der Waals surface area contributed by atoms with Gasteiger partial charge in [0, 0.05) is 39.1 Å². The van der Waals surface area contributed by atoms with Gasteiger partial charge < -0.3 is 15.1 Å². The first kappa shape index (κ1) is 12.8. The Morgan fingerprint density at radius 1 is 1.35 bits per heavy atom. The third-order valence-corrected chi connectivity index (χ3v) is 3.96. The summed E-state index contributed by atoms with van der Waals surface area (Å²) in [5.41, 5.74) is 0. The van der Waals surface area contributed by atoms with Gasteiger partial charge in [-0.05, 0) is 31.8 Å². The molecular formula is C13H25N3O. The van der Waals surface area contributed by atoms with E-state index in [4.69, 9.17) is 0 Å². The molecule has 2 saturated heterocycles. The van der Waals surface area contributed by atoms with Gasteiger partial charge in [-0.2, -0.15) is 0 Å². The lowest BCUT2D eigenvalue weighted by atomic mass is 9.97. The van der Waals surface area contributed by atoms with Crippen LogP contribution in [0, 0.1) is 5.92 Å².